The third-order valence-corrected chi connectivity index (χ3v) is 5.33. The summed E-state index contributed by atoms with van der Waals surface area (Å²) in [5, 5.41) is 7.80. The average molecular weight is 535 g/mol. The molecule has 3 aromatic carbocycles. The summed E-state index contributed by atoms with van der Waals surface area (Å²) >= 11 is 11.9. The predicted octanol–water partition coefficient (Wildman–Crippen LogP) is 7.30. The van der Waals surface area contributed by atoms with Gasteiger partial charge in [-0.3, -0.25) is 4.79 Å². The van der Waals surface area contributed by atoms with Gasteiger partial charge in [0.2, 0.25) is 0 Å². The highest BCUT2D eigenvalue weighted by Crippen LogP contribution is 2.32. The number of carbonyl (C=O) groups is 1. The number of alkyl halides is 3. The van der Waals surface area contributed by atoms with E-state index in [9.17, 15) is 18.0 Å². The molecule has 0 saturated carbocycles. The molecule has 4 aromatic rings. The monoisotopic (exact) mass is 534 g/mol. The lowest BCUT2D eigenvalue weighted by Crippen LogP contribution is -2.12. The first kappa shape index (κ1) is 25.5. The first-order chi connectivity index (χ1) is 17.0. The van der Waals surface area contributed by atoms with E-state index in [4.69, 9.17) is 27.9 Å². The van der Waals surface area contributed by atoms with Crippen molar-refractivity contribution in [1.82, 2.24) is 14.8 Å². The Morgan fingerprint density at radius 2 is 1.58 bits per heavy atom. The topological polar surface area (TPSA) is 69.0 Å². The van der Waals surface area contributed by atoms with Crippen LogP contribution < -0.4 is 10.1 Å². The van der Waals surface area contributed by atoms with Crippen molar-refractivity contribution in [3.63, 3.8) is 0 Å². The molecule has 0 atom stereocenters. The molecule has 0 bridgehead atoms. The van der Waals surface area contributed by atoms with Crippen LogP contribution in [0.15, 0.2) is 66.7 Å². The van der Waals surface area contributed by atoms with Gasteiger partial charge in [-0.1, -0.05) is 35.3 Å². The van der Waals surface area contributed by atoms with Crippen LogP contribution in [0.4, 0.5) is 18.9 Å². The van der Waals surface area contributed by atoms with Crippen LogP contribution in [0.2, 0.25) is 10.0 Å². The molecule has 0 unspecified atom stereocenters. The molecule has 0 fully saturated rings. The number of nitrogens with one attached hydrogen (secondary N) is 1. The van der Waals surface area contributed by atoms with E-state index in [1.54, 1.807) is 24.3 Å². The lowest BCUT2D eigenvalue weighted by molar-refractivity contribution is -0.137. The maximum absolute atomic E-state index is 13.0. The van der Waals surface area contributed by atoms with E-state index in [2.05, 4.69) is 15.4 Å². The van der Waals surface area contributed by atoms with Crippen LogP contribution in [0.3, 0.4) is 0 Å². The van der Waals surface area contributed by atoms with E-state index in [0.717, 1.165) is 12.1 Å². The fraction of sp³-hybridized carbons (Fsp3) is 0.160. The minimum Gasteiger partial charge on any atom is -0.460 e. The predicted molar refractivity (Wildman–Crippen MR) is 132 cm³/mol. The summed E-state index contributed by atoms with van der Waals surface area (Å²) in [5.41, 5.74) is 1.00. The van der Waals surface area contributed by atoms with Gasteiger partial charge in [0.1, 0.15) is 0 Å². The second kappa shape index (κ2) is 10.2. The molecule has 0 aliphatic rings. The number of ether oxygens (including phenoxy) is 1. The Bertz CT molecular complexity index is 1370. The first-order valence-electron chi connectivity index (χ1n) is 10.7. The Kier molecular flexibility index (Phi) is 7.23. The van der Waals surface area contributed by atoms with Crippen LogP contribution in [0.5, 0.6) is 6.01 Å². The van der Waals surface area contributed by atoms with Crippen molar-refractivity contribution in [2.75, 3.05) is 5.32 Å². The molecule has 11 heteroatoms. The highest BCUT2D eigenvalue weighted by molar-refractivity contribution is 6.35. The average Bonchev–Trinajstić information content (AvgIpc) is 3.21. The maximum atomic E-state index is 13.0. The summed E-state index contributed by atoms with van der Waals surface area (Å²) in [7, 11) is 0. The second-order valence-corrected chi connectivity index (χ2v) is 8.90. The fourth-order valence-corrected chi connectivity index (χ4v) is 3.83. The van der Waals surface area contributed by atoms with E-state index in [0.29, 0.717) is 38.4 Å². The number of halogens is 5. The number of hydrogen-bond acceptors (Lipinski definition) is 4. The zero-order valence-corrected chi connectivity index (χ0v) is 20.5. The number of benzene rings is 3. The third-order valence-electron chi connectivity index (χ3n) is 4.89. The molecule has 0 aliphatic carbocycles. The molecule has 1 aromatic heterocycles. The number of carbonyl (C=O) groups excluding carboxylic acids is 1. The Labute approximate surface area is 214 Å². The minimum absolute atomic E-state index is 0.0788. The number of anilines is 1. The van der Waals surface area contributed by atoms with E-state index >= 15 is 0 Å². The van der Waals surface area contributed by atoms with Crippen molar-refractivity contribution in [3.05, 3.63) is 87.9 Å². The van der Waals surface area contributed by atoms with Crippen molar-refractivity contribution >= 4 is 34.8 Å². The molecule has 0 radical (unpaired) electrons. The van der Waals surface area contributed by atoms with Gasteiger partial charge in [0, 0.05) is 26.9 Å². The van der Waals surface area contributed by atoms with Crippen LogP contribution in [0, 0.1) is 0 Å². The van der Waals surface area contributed by atoms with E-state index in [-0.39, 0.29) is 12.1 Å². The molecule has 1 heterocycles. The van der Waals surface area contributed by atoms with Gasteiger partial charge in [0.25, 0.3) is 5.91 Å². The van der Waals surface area contributed by atoms with Crippen LogP contribution >= 0.6 is 23.2 Å². The lowest BCUT2D eigenvalue weighted by Gasteiger charge is -2.10. The van der Waals surface area contributed by atoms with Crippen LogP contribution in [0.25, 0.3) is 17.1 Å². The molecule has 0 saturated heterocycles. The van der Waals surface area contributed by atoms with Gasteiger partial charge in [0.05, 0.1) is 17.4 Å². The van der Waals surface area contributed by atoms with Crippen molar-refractivity contribution in [1.29, 1.82) is 0 Å². The summed E-state index contributed by atoms with van der Waals surface area (Å²) in [6, 6.07) is 15.9. The lowest BCUT2D eigenvalue weighted by atomic mass is 10.1. The maximum Gasteiger partial charge on any atom is 0.416 e. The van der Waals surface area contributed by atoms with Crippen molar-refractivity contribution in [2.45, 2.75) is 26.1 Å². The Balaban J connectivity index is 1.63. The summed E-state index contributed by atoms with van der Waals surface area (Å²) < 4.78 is 46.0. The minimum atomic E-state index is -4.45. The molecule has 1 N–H and O–H groups in total. The molecule has 186 valence electrons. The van der Waals surface area contributed by atoms with E-state index in [1.807, 2.05) is 13.8 Å². The summed E-state index contributed by atoms with van der Waals surface area (Å²) in [6.07, 6.45) is -4.66. The fourth-order valence-electron chi connectivity index (χ4n) is 3.30. The molecule has 1 amide bonds. The number of aromatic nitrogens is 3. The number of rotatable bonds is 6. The molecular formula is C25H19Cl2F3N4O2. The molecule has 0 aliphatic heterocycles. The Morgan fingerprint density at radius 3 is 2.14 bits per heavy atom. The number of hydrogen-bond donors (Lipinski definition) is 1. The number of nitrogens with zero attached hydrogens (tertiary/aromatic N) is 3. The molecule has 36 heavy (non-hydrogen) atoms. The van der Waals surface area contributed by atoms with Gasteiger partial charge < -0.3 is 10.1 Å². The van der Waals surface area contributed by atoms with Crippen LogP contribution in [-0.2, 0) is 6.18 Å². The van der Waals surface area contributed by atoms with E-state index < -0.39 is 17.6 Å². The largest absolute Gasteiger partial charge is 0.460 e. The molecular weight excluding hydrogens is 516 g/mol. The van der Waals surface area contributed by atoms with Gasteiger partial charge in [0.15, 0.2) is 5.82 Å². The summed E-state index contributed by atoms with van der Waals surface area (Å²) in [4.78, 5) is 16.9. The molecule has 4 rings (SSSR count). The standard InChI is InChI=1S/C25H19Cl2F3N4O2/c1-14(2)36-24-32-22(15-3-5-17(6-4-15)25(28,29)30)34(33-24)21-9-7-20(8-10-21)31-23(35)16-11-18(26)13-19(27)12-16/h3-14H,1-2H3,(H,31,35). The van der Waals surface area contributed by atoms with Crippen molar-refractivity contribution < 1.29 is 22.7 Å². The number of amides is 1. The van der Waals surface area contributed by atoms with Gasteiger partial charge in [-0.25, -0.2) is 4.68 Å². The van der Waals surface area contributed by atoms with Gasteiger partial charge in [-0.15, -0.1) is 5.10 Å². The zero-order valence-electron chi connectivity index (χ0n) is 19.0. The van der Waals surface area contributed by atoms with Crippen molar-refractivity contribution in [2.24, 2.45) is 0 Å². The van der Waals surface area contributed by atoms with Crippen LogP contribution in [0.1, 0.15) is 29.8 Å². The van der Waals surface area contributed by atoms with E-state index in [1.165, 1.54) is 35.0 Å². The quantitative estimate of drug-likeness (QED) is 0.281. The highest BCUT2D eigenvalue weighted by Gasteiger charge is 2.30. The first-order valence-corrected chi connectivity index (χ1v) is 11.4. The Morgan fingerprint density at radius 1 is 0.972 bits per heavy atom. The normalized spacial score (nSPS) is 11.6. The summed E-state index contributed by atoms with van der Waals surface area (Å²) in [5.74, 6) is -0.101. The molecule has 6 nitrogen and oxygen atoms in total. The Hall–Kier alpha value is -3.56. The van der Waals surface area contributed by atoms with Gasteiger partial charge in [-0.2, -0.15) is 18.2 Å². The molecule has 0 spiro atoms. The zero-order chi connectivity index (χ0) is 26.0. The van der Waals surface area contributed by atoms with Crippen LogP contribution in [-0.4, -0.2) is 26.8 Å². The second-order valence-electron chi connectivity index (χ2n) is 8.03. The SMILES string of the molecule is CC(C)Oc1nc(-c2ccc(C(F)(F)F)cc2)n(-c2ccc(NC(=O)c3cc(Cl)cc(Cl)c3)cc2)n1. The van der Waals surface area contributed by atoms with Crippen molar-refractivity contribution in [3.8, 4) is 23.1 Å². The van der Waals surface area contributed by atoms with Gasteiger partial charge >= 0.3 is 12.2 Å². The van der Waals surface area contributed by atoms with Gasteiger partial charge in [-0.05, 0) is 68.4 Å². The summed E-state index contributed by atoms with van der Waals surface area (Å²) in [6.45, 7) is 3.62. The highest BCUT2D eigenvalue weighted by atomic mass is 35.5. The smallest absolute Gasteiger partial charge is 0.416 e. The third kappa shape index (κ3) is 5.98.